The Hall–Kier alpha value is -1.08. The first kappa shape index (κ1) is 17.0. The SMILES string of the molecule is CC(C)(O)C(C)(C)OB(O)c1ccc(C(N)=O)cc1Cl. The van der Waals surface area contributed by atoms with Gasteiger partial charge in [-0.2, -0.15) is 0 Å². The number of hydrogen-bond donors (Lipinski definition) is 3. The van der Waals surface area contributed by atoms with Crippen LogP contribution in [0.2, 0.25) is 5.02 Å². The van der Waals surface area contributed by atoms with Gasteiger partial charge in [0.05, 0.1) is 11.2 Å². The Morgan fingerprint density at radius 1 is 1.35 bits per heavy atom. The predicted octanol–water partition coefficient (Wildman–Crippen LogP) is 0.692. The van der Waals surface area contributed by atoms with E-state index < -0.39 is 24.2 Å². The minimum atomic E-state index is -1.33. The summed E-state index contributed by atoms with van der Waals surface area (Å²) in [5.74, 6) is -0.606. The molecule has 0 heterocycles. The van der Waals surface area contributed by atoms with Crippen molar-refractivity contribution in [2.75, 3.05) is 0 Å². The molecule has 0 saturated carbocycles. The van der Waals surface area contributed by atoms with Crippen molar-refractivity contribution >= 4 is 30.1 Å². The van der Waals surface area contributed by atoms with Gasteiger partial charge < -0.3 is 20.5 Å². The van der Waals surface area contributed by atoms with Crippen molar-refractivity contribution in [1.29, 1.82) is 0 Å². The van der Waals surface area contributed by atoms with E-state index in [0.29, 0.717) is 5.46 Å². The maximum absolute atomic E-state index is 11.0. The number of carbonyl (C=O) groups excluding carboxylic acids is 1. The summed E-state index contributed by atoms with van der Waals surface area (Å²) < 4.78 is 5.47. The van der Waals surface area contributed by atoms with E-state index in [9.17, 15) is 14.9 Å². The Morgan fingerprint density at radius 3 is 2.30 bits per heavy atom. The van der Waals surface area contributed by atoms with Crippen molar-refractivity contribution in [2.45, 2.75) is 38.9 Å². The monoisotopic (exact) mass is 299 g/mol. The van der Waals surface area contributed by atoms with Crippen LogP contribution in [-0.4, -0.2) is 34.4 Å². The van der Waals surface area contributed by atoms with Gasteiger partial charge in [0.15, 0.2) is 0 Å². The fourth-order valence-corrected chi connectivity index (χ4v) is 1.64. The van der Waals surface area contributed by atoms with Crippen LogP contribution >= 0.6 is 11.6 Å². The van der Waals surface area contributed by atoms with E-state index in [-0.39, 0.29) is 10.6 Å². The highest BCUT2D eigenvalue weighted by Gasteiger charge is 2.40. The minimum absolute atomic E-state index is 0.167. The van der Waals surface area contributed by atoms with Crippen LogP contribution in [0.1, 0.15) is 38.1 Å². The van der Waals surface area contributed by atoms with Crippen LogP contribution in [0, 0.1) is 0 Å². The summed E-state index contributed by atoms with van der Waals surface area (Å²) in [5, 5.41) is 20.3. The lowest BCUT2D eigenvalue weighted by Gasteiger charge is -2.38. The summed E-state index contributed by atoms with van der Waals surface area (Å²) in [6.45, 7) is 6.47. The molecule has 0 bridgehead atoms. The summed E-state index contributed by atoms with van der Waals surface area (Å²) in [4.78, 5) is 11.0. The molecule has 0 saturated heterocycles. The molecule has 1 aromatic carbocycles. The number of hydrogen-bond acceptors (Lipinski definition) is 4. The first-order chi connectivity index (χ1) is 8.95. The van der Waals surface area contributed by atoms with E-state index in [1.807, 2.05) is 0 Å². The van der Waals surface area contributed by atoms with Crippen LogP contribution in [0.3, 0.4) is 0 Å². The largest absolute Gasteiger partial charge is 0.493 e. The van der Waals surface area contributed by atoms with Crippen molar-refractivity contribution in [3.05, 3.63) is 28.8 Å². The molecule has 5 nitrogen and oxygen atoms in total. The number of rotatable bonds is 5. The van der Waals surface area contributed by atoms with Crippen LogP contribution in [0.15, 0.2) is 18.2 Å². The van der Waals surface area contributed by atoms with Crippen molar-refractivity contribution in [3.63, 3.8) is 0 Å². The molecule has 4 N–H and O–H groups in total. The molecule has 1 aromatic rings. The second-order valence-corrected chi connectivity index (χ2v) is 6.05. The van der Waals surface area contributed by atoms with Crippen molar-refractivity contribution < 1.29 is 19.6 Å². The molecule has 20 heavy (non-hydrogen) atoms. The van der Waals surface area contributed by atoms with Gasteiger partial charge in [0.2, 0.25) is 5.91 Å². The van der Waals surface area contributed by atoms with E-state index in [2.05, 4.69) is 0 Å². The lowest BCUT2D eigenvalue weighted by Crippen LogP contribution is -2.53. The van der Waals surface area contributed by atoms with Crippen LogP contribution in [0.4, 0.5) is 0 Å². The summed E-state index contributed by atoms with van der Waals surface area (Å²) in [5.41, 5.74) is 3.53. The average molecular weight is 300 g/mol. The van der Waals surface area contributed by atoms with Crippen LogP contribution in [0.5, 0.6) is 0 Å². The summed E-state index contributed by atoms with van der Waals surface area (Å²) >= 11 is 6.00. The minimum Gasteiger partial charge on any atom is -0.423 e. The lowest BCUT2D eigenvalue weighted by atomic mass is 9.76. The smallest absolute Gasteiger partial charge is 0.423 e. The molecule has 1 rings (SSSR count). The molecule has 0 atom stereocenters. The van der Waals surface area contributed by atoms with Gasteiger partial charge in [0.25, 0.3) is 0 Å². The Morgan fingerprint density at radius 2 is 1.90 bits per heavy atom. The molecule has 0 aromatic heterocycles. The molecule has 1 amide bonds. The molecule has 0 aliphatic carbocycles. The zero-order chi connectivity index (χ0) is 15.7. The quantitative estimate of drug-likeness (QED) is 0.698. The third-order valence-electron chi connectivity index (χ3n) is 3.43. The van der Waals surface area contributed by atoms with Gasteiger partial charge in [-0.3, -0.25) is 4.79 Å². The maximum atomic E-state index is 11.0. The third kappa shape index (κ3) is 3.73. The van der Waals surface area contributed by atoms with Gasteiger partial charge in [0.1, 0.15) is 0 Å². The third-order valence-corrected chi connectivity index (χ3v) is 3.76. The summed E-state index contributed by atoms with van der Waals surface area (Å²) in [6, 6.07) is 4.28. The second-order valence-electron chi connectivity index (χ2n) is 5.64. The van der Waals surface area contributed by atoms with Gasteiger partial charge in [0, 0.05) is 16.0 Å². The number of nitrogens with two attached hydrogens (primary N) is 1. The van der Waals surface area contributed by atoms with Crippen LogP contribution in [0.25, 0.3) is 0 Å². The summed E-state index contributed by atoms with van der Waals surface area (Å²) in [6.07, 6.45) is 0. The van der Waals surface area contributed by atoms with E-state index in [0.717, 1.165) is 0 Å². The molecule has 0 aliphatic rings. The van der Waals surface area contributed by atoms with Crippen LogP contribution < -0.4 is 11.2 Å². The normalized spacial score (nSPS) is 12.3. The standard InChI is InChI=1S/C13H19BClNO4/c1-12(2,18)13(3,4)20-14(19)9-6-5-8(11(16)17)7-10(9)15/h5-7,18-19H,1-4H3,(H2,16,17). The number of amides is 1. The van der Waals surface area contributed by atoms with E-state index >= 15 is 0 Å². The number of aliphatic hydroxyl groups is 1. The number of benzene rings is 1. The molecular weight excluding hydrogens is 280 g/mol. The van der Waals surface area contributed by atoms with Gasteiger partial charge >= 0.3 is 7.12 Å². The lowest BCUT2D eigenvalue weighted by molar-refractivity contribution is -0.0982. The van der Waals surface area contributed by atoms with Gasteiger partial charge in [-0.15, -0.1) is 0 Å². The second kappa shape index (κ2) is 5.73. The fourth-order valence-electron chi connectivity index (χ4n) is 1.37. The maximum Gasteiger partial charge on any atom is 0.493 e. The fraction of sp³-hybridized carbons (Fsp3) is 0.462. The topological polar surface area (TPSA) is 92.8 Å². The highest BCUT2D eigenvalue weighted by Crippen LogP contribution is 2.25. The van der Waals surface area contributed by atoms with E-state index in [4.69, 9.17) is 22.0 Å². The van der Waals surface area contributed by atoms with Crippen LogP contribution in [-0.2, 0) is 4.65 Å². The molecule has 110 valence electrons. The number of halogens is 1. The Labute approximate surface area is 123 Å². The Bertz CT molecular complexity index is 514. The first-order valence-corrected chi connectivity index (χ1v) is 6.51. The molecule has 0 radical (unpaired) electrons. The molecule has 0 aliphatic heterocycles. The predicted molar refractivity (Wildman–Crippen MR) is 79.0 cm³/mol. The van der Waals surface area contributed by atoms with E-state index in [1.165, 1.54) is 18.2 Å². The molecule has 0 spiro atoms. The molecule has 0 unspecified atom stereocenters. The first-order valence-electron chi connectivity index (χ1n) is 6.13. The van der Waals surface area contributed by atoms with Gasteiger partial charge in [-0.1, -0.05) is 17.7 Å². The number of carbonyl (C=O) groups is 1. The zero-order valence-corrected chi connectivity index (χ0v) is 12.7. The van der Waals surface area contributed by atoms with Gasteiger partial charge in [-0.05, 0) is 39.8 Å². The average Bonchev–Trinajstić information content (AvgIpc) is 2.26. The highest BCUT2D eigenvalue weighted by atomic mass is 35.5. The highest BCUT2D eigenvalue weighted by molar-refractivity contribution is 6.64. The van der Waals surface area contributed by atoms with Crippen molar-refractivity contribution in [2.24, 2.45) is 5.73 Å². The molecular formula is C13H19BClNO4. The van der Waals surface area contributed by atoms with Crippen molar-refractivity contribution in [3.8, 4) is 0 Å². The Kier molecular flexibility index (Phi) is 4.87. The molecule has 7 heteroatoms. The summed E-state index contributed by atoms with van der Waals surface area (Å²) in [7, 11) is -1.33. The van der Waals surface area contributed by atoms with Crippen molar-refractivity contribution in [1.82, 2.24) is 0 Å². The Balaban J connectivity index is 2.99. The zero-order valence-electron chi connectivity index (χ0n) is 12.0. The van der Waals surface area contributed by atoms with Gasteiger partial charge in [-0.25, -0.2) is 0 Å². The van der Waals surface area contributed by atoms with E-state index in [1.54, 1.807) is 27.7 Å². The number of primary amides is 1. The molecule has 0 fully saturated rings.